The van der Waals surface area contributed by atoms with E-state index in [0.717, 1.165) is 60.0 Å². The summed E-state index contributed by atoms with van der Waals surface area (Å²) in [6, 6.07) is 10.9. The van der Waals surface area contributed by atoms with Crippen molar-refractivity contribution in [3.8, 4) is 0 Å². The lowest BCUT2D eigenvalue weighted by atomic mass is 10.1. The highest BCUT2D eigenvalue weighted by molar-refractivity contribution is 7.92. The van der Waals surface area contributed by atoms with Crippen molar-refractivity contribution >= 4 is 27.5 Å². The highest BCUT2D eigenvalue weighted by Gasteiger charge is 2.33. The third-order valence-corrected chi connectivity index (χ3v) is 7.29. The summed E-state index contributed by atoms with van der Waals surface area (Å²) in [5.41, 5.74) is 0.592. The maximum atomic E-state index is 13.8. The molecule has 0 radical (unpaired) electrons. The van der Waals surface area contributed by atoms with Gasteiger partial charge in [-0.2, -0.15) is 0 Å². The van der Waals surface area contributed by atoms with Crippen molar-refractivity contribution in [3.05, 3.63) is 65.7 Å². The lowest BCUT2D eigenvalue weighted by Crippen LogP contribution is -2.53. The van der Waals surface area contributed by atoms with Gasteiger partial charge in [0.1, 0.15) is 12.6 Å². The molecule has 7 nitrogen and oxygen atoms in total. The number of nitrogens with one attached hydrogen (secondary N) is 1. The molecule has 0 aliphatic heterocycles. The summed E-state index contributed by atoms with van der Waals surface area (Å²) >= 11 is 0. The number of nitrogens with zero attached hydrogens (tertiary/aromatic N) is 2. The standard InChI is InChI=1S/C25H31F2N3O4S/c1-3-23(25(32)28-19-11-7-8-12-19)29(16-18-9-5-4-6-10-18)24(31)17-30(35(2,33)34)20-13-14-21(26)22(27)15-20/h4-6,9-10,13-15,19,23H,3,7-8,11-12,16-17H2,1-2H3,(H,28,32)/t23-/m0/s1. The van der Waals surface area contributed by atoms with Crippen LogP contribution in [0, 0.1) is 11.6 Å². The molecular weight excluding hydrogens is 476 g/mol. The molecule has 10 heteroatoms. The van der Waals surface area contributed by atoms with Crippen LogP contribution < -0.4 is 9.62 Å². The van der Waals surface area contributed by atoms with Crippen molar-refractivity contribution < 1.29 is 26.8 Å². The van der Waals surface area contributed by atoms with Gasteiger partial charge in [0.2, 0.25) is 21.8 Å². The Morgan fingerprint density at radius 1 is 1.06 bits per heavy atom. The van der Waals surface area contributed by atoms with Crippen molar-refractivity contribution in [1.82, 2.24) is 10.2 Å². The number of rotatable bonds is 10. The molecule has 1 aliphatic carbocycles. The largest absolute Gasteiger partial charge is 0.352 e. The first-order valence-electron chi connectivity index (χ1n) is 11.7. The average Bonchev–Trinajstić information content (AvgIpc) is 3.32. The van der Waals surface area contributed by atoms with Gasteiger partial charge >= 0.3 is 0 Å². The molecule has 0 aromatic heterocycles. The number of benzene rings is 2. The van der Waals surface area contributed by atoms with Gasteiger partial charge in [-0.1, -0.05) is 50.1 Å². The van der Waals surface area contributed by atoms with Gasteiger partial charge in [0, 0.05) is 18.7 Å². The number of amides is 2. The molecule has 0 saturated heterocycles. The van der Waals surface area contributed by atoms with Crippen LogP contribution in [0.1, 0.15) is 44.6 Å². The summed E-state index contributed by atoms with van der Waals surface area (Å²) < 4.78 is 53.0. The first kappa shape index (κ1) is 26.6. The predicted octanol–water partition coefficient (Wildman–Crippen LogP) is 3.60. The Morgan fingerprint density at radius 2 is 1.71 bits per heavy atom. The SMILES string of the molecule is CC[C@@H](C(=O)NC1CCCC1)N(Cc1ccccc1)C(=O)CN(c1ccc(F)c(F)c1)S(C)(=O)=O. The van der Waals surface area contributed by atoms with Crippen LogP contribution in [0.25, 0.3) is 0 Å². The maximum Gasteiger partial charge on any atom is 0.244 e. The quantitative estimate of drug-likeness (QED) is 0.533. The van der Waals surface area contributed by atoms with Gasteiger partial charge in [-0.3, -0.25) is 13.9 Å². The van der Waals surface area contributed by atoms with E-state index >= 15 is 0 Å². The van der Waals surface area contributed by atoms with Gasteiger partial charge in [0.05, 0.1) is 11.9 Å². The summed E-state index contributed by atoms with van der Waals surface area (Å²) in [4.78, 5) is 28.1. The molecule has 0 unspecified atom stereocenters. The van der Waals surface area contributed by atoms with Gasteiger partial charge in [0.25, 0.3) is 0 Å². The lowest BCUT2D eigenvalue weighted by Gasteiger charge is -2.33. The monoisotopic (exact) mass is 507 g/mol. The number of halogens is 2. The number of anilines is 1. The molecular formula is C25H31F2N3O4S. The second-order valence-electron chi connectivity index (χ2n) is 8.79. The molecule has 0 heterocycles. The number of hydrogen-bond donors (Lipinski definition) is 1. The fraction of sp³-hybridized carbons (Fsp3) is 0.440. The molecule has 2 amide bonds. The van der Waals surface area contributed by atoms with Gasteiger partial charge in [0.15, 0.2) is 11.6 Å². The predicted molar refractivity (Wildman–Crippen MR) is 130 cm³/mol. The highest BCUT2D eigenvalue weighted by atomic mass is 32.2. The number of carbonyl (C=O) groups is 2. The van der Waals surface area contributed by atoms with Crippen molar-refractivity contribution in [2.45, 2.75) is 57.7 Å². The third-order valence-electron chi connectivity index (χ3n) is 6.15. The molecule has 3 rings (SSSR count). The van der Waals surface area contributed by atoms with E-state index in [-0.39, 0.29) is 24.2 Å². The topological polar surface area (TPSA) is 86.8 Å². The summed E-state index contributed by atoms with van der Waals surface area (Å²) in [7, 11) is -4.02. The average molecular weight is 508 g/mol. The molecule has 1 atom stereocenters. The maximum absolute atomic E-state index is 13.8. The third kappa shape index (κ3) is 7.00. The van der Waals surface area contributed by atoms with Crippen molar-refractivity contribution in [3.63, 3.8) is 0 Å². The molecule has 190 valence electrons. The van der Waals surface area contributed by atoms with Crippen molar-refractivity contribution in [1.29, 1.82) is 0 Å². The summed E-state index contributed by atoms with van der Waals surface area (Å²) in [5, 5.41) is 3.02. The zero-order valence-corrected chi connectivity index (χ0v) is 20.7. The van der Waals surface area contributed by atoms with Crippen LogP contribution >= 0.6 is 0 Å². The fourth-order valence-electron chi connectivity index (χ4n) is 4.32. The minimum Gasteiger partial charge on any atom is -0.352 e. The molecule has 2 aromatic carbocycles. The Balaban J connectivity index is 1.91. The second kappa shape index (κ2) is 11.6. The smallest absolute Gasteiger partial charge is 0.244 e. The molecule has 0 bridgehead atoms. The van der Waals surface area contributed by atoms with E-state index in [4.69, 9.17) is 0 Å². The molecule has 1 aliphatic rings. The van der Waals surface area contributed by atoms with Gasteiger partial charge in [-0.15, -0.1) is 0 Å². The minimum atomic E-state index is -4.02. The minimum absolute atomic E-state index is 0.0555. The highest BCUT2D eigenvalue weighted by Crippen LogP contribution is 2.23. The van der Waals surface area contributed by atoms with Gasteiger partial charge in [-0.05, 0) is 37.0 Å². The van der Waals surface area contributed by atoms with E-state index in [1.807, 2.05) is 30.3 Å². The van der Waals surface area contributed by atoms with Crippen LogP contribution in [0.5, 0.6) is 0 Å². The zero-order chi connectivity index (χ0) is 25.6. The first-order valence-corrected chi connectivity index (χ1v) is 13.5. The number of sulfonamides is 1. The van der Waals surface area contributed by atoms with Gasteiger partial charge in [-0.25, -0.2) is 17.2 Å². The van der Waals surface area contributed by atoms with E-state index in [1.54, 1.807) is 6.92 Å². The second-order valence-corrected chi connectivity index (χ2v) is 10.7. The summed E-state index contributed by atoms with van der Waals surface area (Å²) in [5.74, 6) is -3.28. The van der Waals surface area contributed by atoms with Gasteiger partial charge < -0.3 is 10.2 Å². The zero-order valence-electron chi connectivity index (χ0n) is 19.9. The Bertz CT molecular complexity index is 1140. The Morgan fingerprint density at radius 3 is 2.29 bits per heavy atom. The Kier molecular flexibility index (Phi) is 8.82. The van der Waals surface area contributed by atoms with Crippen molar-refractivity contribution in [2.75, 3.05) is 17.1 Å². The fourth-order valence-corrected chi connectivity index (χ4v) is 5.16. The number of carbonyl (C=O) groups excluding carboxylic acids is 2. The Labute approximate surface area is 205 Å². The van der Waals surface area contributed by atoms with Crippen LogP contribution in [-0.4, -0.2) is 50.0 Å². The van der Waals surface area contributed by atoms with Crippen LogP contribution in [0.3, 0.4) is 0 Å². The molecule has 35 heavy (non-hydrogen) atoms. The summed E-state index contributed by atoms with van der Waals surface area (Å²) in [6.07, 6.45) is 5.03. The van der Waals surface area contributed by atoms with Crippen LogP contribution in [-0.2, 0) is 26.2 Å². The Hall–Kier alpha value is -3.01. The van der Waals surface area contributed by atoms with Crippen molar-refractivity contribution in [2.24, 2.45) is 0 Å². The number of hydrogen-bond acceptors (Lipinski definition) is 4. The lowest BCUT2D eigenvalue weighted by molar-refractivity contribution is -0.140. The molecule has 1 fully saturated rings. The first-order chi connectivity index (χ1) is 16.6. The van der Waals surface area contributed by atoms with Crippen LogP contribution in [0.2, 0.25) is 0 Å². The van der Waals surface area contributed by atoms with E-state index in [1.165, 1.54) is 4.90 Å². The van der Waals surface area contributed by atoms with Crippen LogP contribution in [0.15, 0.2) is 48.5 Å². The van der Waals surface area contributed by atoms with E-state index in [9.17, 15) is 26.8 Å². The van der Waals surface area contributed by atoms with E-state index in [0.29, 0.717) is 6.42 Å². The summed E-state index contributed by atoms with van der Waals surface area (Å²) in [6.45, 7) is 1.21. The molecule has 1 saturated carbocycles. The molecule has 1 N–H and O–H groups in total. The molecule has 2 aromatic rings. The van der Waals surface area contributed by atoms with Crippen LogP contribution in [0.4, 0.5) is 14.5 Å². The normalized spacial score (nSPS) is 15.0. The van der Waals surface area contributed by atoms with E-state index in [2.05, 4.69) is 5.32 Å². The van der Waals surface area contributed by atoms with E-state index < -0.39 is 40.2 Å². The molecule has 0 spiro atoms.